The van der Waals surface area contributed by atoms with Gasteiger partial charge in [-0.05, 0) is 50.6 Å². The Bertz CT molecular complexity index is 1370. The molecule has 174 valence electrons. The molecule has 1 aliphatic rings. The van der Waals surface area contributed by atoms with E-state index in [1.54, 1.807) is 17.0 Å². The Morgan fingerprint density at radius 3 is 2.68 bits per heavy atom. The Morgan fingerprint density at radius 2 is 1.94 bits per heavy atom. The average molecular weight is 496 g/mol. The van der Waals surface area contributed by atoms with Gasteiger partial charge in [-0.3, -0.25) is 14.5 Å². The molecule has 4 aromatic rings. The zero-order valence-electron chi connectivity index (χ0n) is 18.7. The molecule has 0 unspecified atom stereocenters. The highest BCUT2D eigenvalue weighted by molar-refractivity contribution is 7.14. The molecular weight excluding hydrogens is 473 g/mol. The number of carbonyl (C=O) groups is 2. The Kier molecular flexibility index (Phi) is 6.01. The van der Waals surface area contributed by atoms with Crippen LogP contribution in [-0.2, 0) is 16.0 Å². The van der Waals surface area contributed by atoms with Crippen LogP contribution in [0, 0.1) is 19.7 Å². The predicted molar refractivity (Wildman–Crippen MR) is 132 cm³/mol. The van der Waals surface area contributed by atoms with Gasteiger partial charge in [-0.15, -0.1) is 22.7 Å². The number of benzene rings is 1. The van der Waals surface area contributed by atoms with Gasteiger partial charge in [0.05, 0.1) is 17.8 Å². The second-order valence-corrected chi connectivity index (χ2v) is 9.82. The van der Waals surface area contributed by atoms with Gasteiger partial charge in [-0.25, -0.2) is 14.4 Å². The quantitative estimate of drug-likeness (QED) is 0.403. The standard InChI is InChI=1S/C24H22FN5O2S2/c1-14-10-19(15(2)30(14)18-7-5-16(25)6-8-18)20-13-33-23(27-20)28-21(31)11-17-12-34-24(26-17)29-9-3-4-22(29)32/h5-8,10,12-13H,3-4,9,11H2,1-2H3,(H,27,28,31). The summed E-state index contributed by atoms with van der Waals surface area (Å²) in [6.07, 6.45) is 1.51. The van der Waals surface area contributed by atoms with Crippen LogP contribution in [0.5, 0.6) is 0 Å². The number of carbonyl (C=O) groups excluding carboxylic acids is 2. The van der Waals surface area contributed by atoms with Crippen molar-refractivity contribution in [1.29, 1.82) is 0 Å². The minimum atomic E-state index is -0.273. The second-order valence-electron chi connectivity index (χ2n) is 8.13. The number of aryl methyl sites for hydroxylation is 1. The molecule has 1 fully saturated rings. The fraction of sp³-hybridized carbons (Fsp3) is 0.250. The zero-order chi connectivity index (χ0) is 23.8. The van der Waals surface area contributed by atoms with E-state index in [2.05, 4.69) is 19.9 Å². The third-order valence-corrected chi connectivity index (χ3v) is 7.40. The lowest BCUT2D eigenvalue weighted by Gasteiger charge is -2.10. The van der Waals surface area contributed by atoms with E-state index in [4.69, 9.17) is 0 Å². The molecule has 10 heteroatoms. The molecule has 0 bridgehead atoms. The van der Waals surface area contributed by atoms with E-state index < -0.39 is 0 Å². The normalized spacial score (nSPS) is 13.6. The largest absolute Gasteiger partial charge is 0.318 e. The van der Waals surface area contributed by atoms with E-state index in [0.29, 0.717) is 28.9 Å². The number of nitrogens with one attached hydrogen (secondary N) is 1. The number of hydrogen-bond acceptors (Lipinski definition) is 6. The van der Waals surface area contributed by atoms with Crippen LogP contribution in [0.4, 0.5) is 14.7 Å². The highest BCUT2D eigenvalue weighted by Crippen LogP contribution is 2.32. The minimum Gasteiger partial charge on any atom is -0.318 e. The molecule has 1 aromatic carbocycles. The number of rotatable bonds is 6. The first kappa shape index (κ1) is 22.4. The number of amides is 2. The van der Waals surface area contributed by atoms with Crippen molar-refractivity contribution in [2.24, 2.45) is 0 Å². The summed E-state index contributed by atoms with van der Waals surface area (Å²) in [7, 11) is 0. The van der Waals surface area contributed by atoms with Crippen LogP contribution in [-0.4, -0.2) is 32.9 Å². The number of aromatic nitrogens is 3. The monoisotopic (exact) mass is 495 g/mol. The molecule has 4 heterocycles. The van der Waals surface area contributed by atoms with Gasteiger partial charge in [-0.2, -0.15) is 0 Å². The topological polar surface area (TPSA) is 80.1 Å². The maximum Gasteiger partial charge on any atom is 0.232 e. The average Bonchev–Trinajstić information content (AvgIpc) is 3.58. The fourth-order valence-corrected chi connectivity index (χ4v) is 5.74. The van der Waals surface area contributed by atoms with Gasteiger partial charge < -0.3 is 9.88 Å². The van der Waals surface area contributed by atoms with E-state index in [9.17, 15) is 14.0 Å². The molecule has 0 spiro atoms. The van der Waals surface area contributed by atoms with Crippen molar-refractivity contribution in [1.82, 2.24) is 14.5 Å². The summed E-state index contributed by atoms with van der Waals surface area (Å²) in [4.78, 5) is 35.2. The lowest BCUT2D eigenvalue weighted by Crippen LogP contribution is -2.23. The van der Waals surface area contributed by atoms with Gasteiger partial charge in [0, 0.05) is 46.4 Å². The summed E-state index contributed by atoms with van der Waals surface area (Å²) >= 11 is 2.74. The van der Waals surface area contributed by atoms with Gasteiger partial charge in [-0.1, -0.05) is 0 Å². The van der Waals surface area contributed by atoms with Crippen LogP contribution >= 0.6 is 22.7 Å². The van der Waals surface area contributed by atoms with Gasteiger partial charge in [0.15, 0.2) is 10.3 Å². The van der Waals surface area contributed by atoms with Crippen LogP contribution in [0.15, 0.2) is 41.1 Å². The summed E-state index contributed by atoms with van der Waals surface area (Å²) in [6, 6.07) is 8.41. The minimum absolute atomic E-state index is 0.0828. The Morgan fingerprint density at radius 1 is 1.15 bits per heavy atom. The summed E-state index contributed by atoms with van der Waals surface area (Å²) in [5, 5.41) is 7.74. The van der Waals surface area contributed by atoms with Crippen LogP contribution in [0.3, 0.4) is 0 Å². The zero-order valence-corrected chi connectivity index (χ0v) is 20.3. The van der Waals surface area contributed by atoms with Crippen molar-refractivity contribution in [2.75, 3.05) is 16.8 Å². The number of hydrogen-bond donors (Lipinski definition) is 1. The molecule has 0 aliphatic carbocycles. The maximum absolute atomic E-state index is 13.3. The first-order valence-corrected chi connectivity index (χ1v) is 12.6. The highest BCUT2D eigenvalue weighted by atomic mass is 32.1. The van der Waals surface area contributed by atoms with Crippen LogP contribution in [0.2, 0.25) is 0 Å². The van der Waals surface area contributed by atoms with E-state index in [0.717, 1.165) is 34.8 Å². The van der Waals surface area contributed by atoms with Crippen molar-refractivity contribution < 1.29 is 14.0 Å². The Labute approximate surface area is 203 Å². The SMILES string of the molecule is Cc1cc(-c2csc(NC(=O)Cc3csc(N4CCCC4=O)n3)n2)c(C)n1-c1ccc(F)cc1. The van der Waals surface area contributed by atoms with Gasteiger partial charge in [0.1, 0.15) is 5.82 Å². The van der Waals surface area contributed by atoms with Gasteiger partial charge >= 0.3 is 0 Å². The molecule has 2 amide bonds. The number of nitrogens with zero attached hydrogens (tertiary/aromatic N) is 4. The molecule has 1 saturated heterocycles. The molecular formula is C24H22FN5O2S2. The summed E-state index contributed by atoms with van der Waals surface area (Å²) in [6.45, 7) is 4.67. The molecule has 0 atom stereocenters. The summed E-state index contributed by atoms with van der Waals surface area (Å²) < 4.78 is 15.4. The molecule has 0 saturated carbocycles. The van der Waals surface area contributed by atoms with Crippen molar-refractivity contribution in [3.63, 3.8) is 0 Å². The van der Waals surface area contributed by atoms with E-state index in [-0.39, 0.29) is 24.1 Å². The summed E-state index contributed by atoms with van der Waals surface area (Å²) in [5.41, 5.74) is 5.23. The van der Waals surface area contributed by atoms with Gasteiger partial charge in [0.2, 0.25) is 11.8 Å². The second kappa shape index (κ2) is 9.11. The molecule has 3 aromatic heterocycles. The Hall–Kier alpha value is -3.37. The number of thiazole rings is 2. The van der Waals surface area contributed by atoms with E-state index in [1.807, 2.05) is 30.7 Å². The lowest BCUT2D eigenvalue weighted by molar-refractivity contribution is -0.117. The van der Waals surface area contributed by atoms with E-state index >= 15 is 0 Å². The van der Waals surface area contributed by atoms with Crippen molar-refractivity contribution in [3.05, 3.63) is 64.0 Å². The lowest BCUT2D eigenvalue weighted by atomic mass is 10.2. The number of anilines is 2. The van der Waals surface area contributed by atoms with Crippen LogP contribution in [0.1, 0.15) is 29.9 Å². The highest BCUT2D eigenvalue weighted by Gasteiger charge is 2.24. The molecule has 1 N–H and O–H groups in total. The fourth-order valence-electron chi connectivity index (χ4n) is 4.14. The molecule has 1 aliphatic heterocycles. The third kappa shape index (κ3) is 4.38. The first-order chi connectivity index (χ1) is 16.4. The van der Waals surface area contributed by atoms with Gasteiger partial charge in [0.25, 0.3) is 0 Å². The van der Waals surface area contributed by atoms with Crippen molar-refractivity contribution >= 4 is 44.8 Å². The smallest absolute Gasteiger partial charge is 0.232 e. The molecule has 5 rings (SSSR count). The van der Waals surface area contributed by atoms with E-state index in [1.165, 1.54) is 34.8 Å². The van der Waals surface area contributed by atoms with Crippen molar-refractivity contribution in [3.8, 4) is 16.9 Å². The predicted octanol–water partition coefficient (Wildman–Crippen LogP) is 5.12. The van der Waals surface area contributed by atoms with Crippen molar-refractivity contribution in [2.45, 2.75) is 33.1 Å². The first-order valence-electron chi connectivity index (χ1n) is 10.8. The Balaban J connectivity index is 1.28. The van der Waals surface area contributed by atoms with Crippen LogP contribution in [0.25, 0.3) is 16.9 Å². The summed E-state index contributed by atoms with van der Waals surface area (Å²) in [5.74, 6) is -0.397. The number of halogens is 1. The molecule has 0 radical (unpaired) electrons. The van der Waals surface area contributed by atoms with Crippen LogP contribution < -0.4 is 10.2 Å². The molecule has 7 nitrogen and oxygen atoms in total. The maximum atomic E-state index is 13.3. The molecule has 34 heavy (non-hydrogen) atoms. The third-order valence-electron chi connectivity index (χ3n) is 5.73.